The second kappa shape index (κ2) is 8.77. The van der Waals surface area contributed by atoms with Gasteiger partial charge in [-0.25, -0.2) is 0 Å². The van der Waals surface area contributed by atoms with Crippen LogP contribution in [0.1, 0.15) is 19.4 Å². The Bertz CT molecular complexity index is 763. The molecule has 0 saturated heterocycles. The molecule has 2 rings (SSSR count). The molecule has 0 radical (unpaired) electrons. The lowest BCUT2D eigenvalue weighted by atomic mass is 10.2. The number of nitrogens with zero attached hydrogens (tertiary/aromatic N) is 3. The Hall–Kier alpha value is -2.20. The van der Waals surface area contributed by atoms with Crippen LogP contribution in [-0.2, 0) is 4.79 Å². The van der Waals surface area contributed by atoms with E-state index in [1.165, 1.54) is 35.2 Å². The zero-order valence-electron chi connectivity index (χ0n) is 14.1. The van der Waals surface area contributed by atoms with E-state index < -0.39 is 4.92 Å². The number of non-ortho nitro benzene ring substituents is 1. The van der Waals surface area contributed by atoms with Crippen molar-refractivity contribution in [3.63, 3.8) is 0 Å². The van der Waals surface area contributed by atoms with Crippen molar-refractivity contribution in [1.29, 1.82) is 0 Å². The van der Waals surface area contributed by atoms with Crippen molar-refractivity contribution >= 4 is 45.5 Å². The third-order valence-electron chi connectivity index (χ3n) is 3.10. The van der Waals surface area contributed by atoms with E-state index in [9.17, 15) is 14.9 Å². The highest BCUT2D eigenvalue weighted by Gasteiger charge is 2.12. The van der Waals surface area contributed by atoms with E-state index in [-0.39, 0.29) is 17.3 Å². The number of nitro benzene ring substituents is 1. The average molecular weight is 381 g/mol. The highest BCUT2D eigenvalue weighted by Crippen LogP contribution is 2.26. The average Bonchev–Trinajstić information content (AvgIpc) is 3.01. The number of rotatable bonds is 8. The second-order valence-electron chi connectivity index (χ2n) is 5.74. The molecule has 0 fully saturated rings. The first-order chi connectivity index (χ1) is 11.8. The molecule has 1 aromatic carbocycles. The zero-order chi connectivity index (χ0) is 18.4. The lowest BCUT2D eigenvalue weighted by Gasteiger charge is -2.07. The van der Waals surface area contributed by atoms with E-state index in [4.69, 9.17) is 0 Å². The van der Waals surface area contributed by atoms with Crippen molar-refractivity contribution in [3.05, 3.63) is 33.9 Å². The number of hydrogen-bond donors (Lipinski definition) is 2. The summed E-state index contributed by atoms with van der Waals surface area (Å²) in [6, 6.07) is 4.38. The molecule has 1 amide bonds. The molecule has 0 aliphatic heterocycles. The van der Waals surface area contributed by atoms with Gasteiger partial charge in [-0.05, 0) is 18.4 Å². The summed E-state index contributed by atoms with van der Waals surface area (Å²) in [7, 11) is 0. The van der Waals surface area contributed by atoms with Gasteiger partial charge in [0.1, 0.15) is 0 Å². The lowest BCUT2D eigenvalue weighted by Crippen LogP contribution is -2.15. The number of aryl methyl sites for hydroxylation is 1. The molecule has 0 spiro atoms. The molecule has 0 bridgehead atoms. The van der Waals surface area contributed by atoms with Crippen LogP contribution in [0.5, 0.6) is 0 Å². The summed E-state index contributed by atoms with van der Waals surface area (Å²) in [6.07, 6.45) is 0. The molecule has 1 aromatic heterocycles. The van der Waals surface area contributed by atoms with Crippen LogP contribution in [-0.4, -0.2) is 33.3 Å². The number of nitrogens with one attached hydrogen (secondary N) is 2. The number of anilines is 2. The zero-order valence-corrected chi connectivity index (χ0v) is 15.7. The van der Waals surface area contributed by atoms with Crippen molar-refractivity contribution in [2.75, 3.05) is 22.9 Å². The van der Waals surface area contributed by atoms with Crippen LogP contribution in [0.4, 0.5) is 16.5 Å². The van der Waals surface area contributed by atoms with E-state index in [0.717, 1.165) is 17.2 Å². The van der Waals surface area contributed by atoms with Gasteiger partial charge in [0, 0.05) is 18.7 Å². The molecule has 0 aliphatic carbocycles. The van der Waals surface area contributed by atoms with Gasteiger partial charge in [-0.3, -0.25) is 14.9 Å². The molecule has 1 heterocycles. The molecule has 0 saturated carbocycles. The summed E-state index contributed by atoms with van der Waals surface area (Å²) in [5, 5.41) is 25.5. The number of nitro groups is 1. The molecule has 0 unspecified atom stereocenters. The predicted octanol–water partition coefficient (Wildman–Crippen LogP) is 3.55. The summed E-state index contributed by atoms with van der Waals surface area (Å²) in [5.74, 6) is 0.408. The molecule has 134 valence electrons. The highest BCUT2D eigenvalue weighted by atomic mass is 32.2. The Morgan fingerprint density at radius 3 is 2.84 bits per heavy atom. The van der Waals surface area contributed by atoms with Gasteiger partial charge in [-0.2, -0.15) is 0 Å². The fraction of sp³-hybridized carbons (Fsp3) is 0.400. The number of carbonyl (C=O) groups is 1. The van der Waals surface area contributed by atoms with Crippen LogP contribution < -0.4 is 10.6 Å². The number of aromatic nitrogens is 2. The van der Waals surface area contributed by atoms with Crippen molar-refractivity contribution in [3.8, 4) is 0 Å². The first kappa shape index (κ1) is 19.1. The van der Waals surface area contributed by atoms with Gasteiger partial charge in [0.15, 0.2) is 4.34 Å². The van der Waals surface area contributed by atoms with Gasteiger partial charge in [0.2, 0.25) is 11.0 Å². The fourth-order valence-corrected chi connectivity index (χ4v) is 3.36. The first-order valence-electron chi connectivity index (χ1n) is 7.60. The minimum absolute atomic E-state index is 0.0569. The molecule has 25 heavy (non-hydrogen) atoms. The summed E-state index contributed by atoms with van der Waals surface area (Å²) < 4.78 is 0.692. The molecular formula is C15H19N5O3S2. The van der Waals surface area contributed by atoms with Crippen molar-refractivity contribution < 1.29 is 9.72 Å². The largest absolute Gasteiger partial charge is 0.360 e. The molecule has 2 aromatic rings. The van der Waals surface area contributed by atoms with E-state index >= 15 is 0 Å². The Morgan fingerprint density at radius 1 is 1.40 bits per heavy atom. The molecule has 8 nitrogen and oxygen atoms in total. The van der Waals surface area contributed by atoms with Crippen LogP contribution in [0.2, 0.25) is 0 Å². The highest BCUT2D eigenvalue weighted by molar-refractivity contribution is 8.01. The topological polar surface area (TPSA) is 110 Å². The van der Waals surface area contributed by atoms with Crippen LogP contribution in [0.15, 0.2) is 22.5 Å². The van der Waals surface area contributed by atoms with Crippen LogP contribution >= 0.6 is 23.1 Å². The minimum Gasteiger partial charge on any atom is -0.360 e. The van der Waals surface area contributed by atoms with E-state index in [1.54, 1.807) is 13.0 Å². The second-order valence-corrected chi connectivity index (χ2v) is 7.94. The van der Waals surface area contributed by atoms with Gasteiger partial charge < -0.3 is 10.6 Å². The third kappa shape index (κ3) is 5.98. The summed E-state index contributed by atoms with van der Waals surface area (Å²) in [4.78, 5) is 22.4. The summed E-state index contributed by atoms with van der Waals surface area (Å²) in [6.45, 7) is 6.80. The van der Waals surface area contributed by atoms with Gasteiger partial charge >= 0.3 is 0 Å². The summed E-state index contributed by atoms with van der Waals surface area (Å²) in [5.41, 5.74) is 1.15. The predicted molar refractivity (Wildman–Crippen MR) is 100 cm³/mol. The Kier molecular flexibility index (Phi) is 6.71. The number of carbonyl (C=O) groups excluding carboxylic acids is 1. The SMILES string of the molecule is Cc1ccc([N+](=O)[O-])cc1NC(=O)CSc1nnc(NCC(C)C)s1. The fourth-order valence-electron chi connectivity index (χ4n) is 1.80. The van der Waals surface area contributed by atoms with Crippen LogP contribution in [0.25, 0.3) is 0 Å². The maximum absolute atomic E-state index is 12.1. The van der Waals surface area contributed by atoms with Gasteiger partial charge in [0.25, 0.3) is 5.69 Å². The molecule has 0 aliphatic rings. The monoisotopic (exact) mass is 381 g/mol. The number of amides is 1. The van der Waals surface area contributed by atoms with Crippen LogP contribution in [0.3, 0.4) is 0 Å². The van der Waals surface area contributed by atoms with Crippen molar-refractivity contribution in [2.45, 2.75) is 25.1 Å². The molecule has 2 N–H and O–H groups in total. The van der Waals surface area contributed by atoms with Gasteiger partial charge in [0.05, 0.1) is 16.4 Å². The molecule has 0 atom stereocenters. The standard InChI is InChI=1S/C15H19N5O3S2/c1-9(2)7-16-14-18-19-15(25-14)24-8-13(21)17-12-6-11(20(22)23)5-4-10(12)3/h4-6,9H,7-8H2,1-3H3,(H,16,18)(H,17,21). The van der Waals surface area contributed by atoms with E-state index in [2.05, 4.69) is 34.7 Å². The smallest absolute Gasteiger partial charge is 0.271 e. The Balaban J connectivity index is 1.89. The minimum atomic E-state index is -0.489. The normalized spacial score (nSPS) is 10.7. The number of benzene rings is 1. The van der Waals surface area contributed by atoms with Crippen molar-refractivity contribution in [1.82, 2.24) is 10.2 Å². The Labute approximate surface area is 153 Å². The number of thioether (sulfide) groups is 1. The molecule has 10 heteroatoms. The quantitative estimate of drug-likeness (QED) is 0.409. The third-order valence-corrected chi connectivity index (χ3v) is 5.12. The van der Waals surface area contributed by atoms with Gasteiger partial charge in [-0.1, -0.05) is 43.0 Å². The van der Waals surface area contributed by atoms with E-state index in [0.29, 0.717) is 15.9 Å². The van der Waals surface area contributed by atoms with Crippen molar-refractivity contribution in [2.24, 2.45) is 5.92 Å². The Morgan fingerprint density at radius 2 is 2.16 bits per heavy atom. The maximum atomic E-state index is 12.1. The lowest BCUT2D eigenvalue weighted by molar-refractivity contribution is -0.384. The van der Waals surface area contributed by atoms with Gasteiger partial charge in [-0.15, -0.1) is 10.2 Å². The van der Waals surface area contributed by atoms with E-state index in [1.807, 2.05) is 0 Å². The molecular weight excluding hydrogens is 362 g/mol. The first-order valence-corrected chi connectivity index (χ1v) is 9.40. The number of hydrogen-bond acceptors (Lipinski definition) is 8. The van der Waals surface area contributed by atoms with Crippen LogP contribution in [0, 0.1) is 23.0 Å². The summed E-state index contributed by atoms with van der Waals surface area (Å²) >= 11 is 2.67. The maximum Gasteiger partial charge on any atom is 0.271 e.